The molecule has 3 nitrogen and oxygen atoms in total. The molecule has 4 aromatic rings. The third-order valence-electron chi connectivity index (χ3n) is 8.00. The highest BCUT2D eigenvalue weighted by Gasteiger charge is 2.48. The van der Waals surface area contributed by atoms with E-state index in [2.05, 4.69) is 39.9 Å². The van der Waals surface area contributed by atoms with Crippen LogP contribution >= 0.6 is 11.6 Å². The van der Waals surface area contributed by atoms with Gasteiger partial charge in [0.15, 0.2) is 0 Å². The minimum absolute atomic E-state index is 0.115. The van der Waals surface area contributed by atoms with Crippen LogP contribution in [0.3, 0.4) is 0 Å². The Morgan fingerprint density at radius 1 is 1.03 bits per heavy atom. The molecular formula is C31H36ClF2N3. The van der Waals surface area contributed by atoms with Crippen molar-refractivity contribution >= 4 is 33.5 Å². The van der Waals surface area contributed by atoms with E-state index in [0.717, 1.165) is 53.4 Å². The van der Waals surface area contributed by atoms with Crippen LogP contribution in [0.1, 0.15) is 88.6 Å². The fourth-order valence-corrected chi connectivity index (χ4v) is 6.44. The first kappa shape index (κ1) is 26.1. The second kappa shape index (κ2) is 11.1. The fourth-order valence-electron chi connectivity index (χ4n) is 6.27. The Morgan fingerprint density at radius 2 is 1.81 bits per heavy atom. The standard InChI is InChI=1S/C29H30ClF2N3.C2H6/c30-22-12-13-25-24(15-22)27-26(18-33-25)34-28(21-16-29(31,32)17-21)35(27)23-11-5-10-20(14-23)9-4-8-19-6-2-1-3-7-19;1-2/h1-3,6-7,12-13,15,18,20-21,23H,4-5,8-11,14,16-17H2;1-2H3. The fraction of sp³-hybridized carbons (Fsp3) is 0.484. The van der Waals surface area contributed by atoms with E-state index < -0.39 is 5.92 Å². The molecule has 0 amide bonds. The summed E-state index contributed by atoms with van der Waals surface area (Å²) in [6.45, 7) is 4.00. The van der Waals surface area contributed by atoms with E-state index in [1.54, 1.807) is 6.20 Å². The molecule has 2 aromatic carbocycles. The summed E-state index contributed by atoms with van der Waals surface area (Å²) in [5.41, 5.74) is 4.06. The molecule has 2 heterocycles. The van der Waals surface area contributed by atoms with Gasteiger partial charge in [-0.2, -0.15) is 0 Å². The lowest BCUT2D eigenvalue weighted by Gasteiger charge is -2.37. The molecule has 0 radical (unpaired) electrons. The van der Waals surface area contributed by atoms with E-state index in [-0.39, 0.29) is 24.8 Å². The Balaban J connectivity index is 0.00000137. The zero-order valence-corrected chi connectivity index (χ0v) is 22.5. The van der Waals surface area contributed by atoms with Gasteiger partial charge in [-0.15, -0.1) is 0 Å². The number of rotatable bonds is 6. The molecule has 196 valence electrons. The lowest BCUT2D eigenvalue weighted by atomic mass is 9.79. The van der Waals surface area contributed by atoms with Crippen LogP contribution in [-0.4, -0.2) is 20.5 Å². The summed E-state index contributed by atoms with van der Waals surface area (Å²) in [5.74, 6) is -1.33. The van der Waals surface area contributed by atoms with Crippen LogP contribution in [0.5, 0.6) is 0 Å². The van der Waals surface area contributed by atoms with E-state index in [1.807, 2.05) is 32.0 Å². The van der Waals surface area contributed by atoms with E-state index in [1.165, 1.54) is 24.8 Å². The maximum Gasteiger partial charge on any atom is 0.249 e. The molecule has 0 saturated heterocycles. The minimum Gasteiger partial charge on any atom is -0.324 e. The Bertz CT molecular complexity index is 1340. The first-order valence-corrected chi connectivity index (χ1v) is 14.2. The average Bonchev–Trinajstić information content (AvgIpc) is 3.29. The first-order chi connectivity index (χ1) is 18.0. The third kappa shape index (κ3) is 5.52. The van der Waals surface area contributed by atoms with Crippen LogP contribution in [-0.2, 0) is 6.42 Å². The summed E-state index contributed by atoms with van der Waals surface area (Å²) in [6, 6.07) is 16.7. The topological polar surface area (TPSA) is 30.7 Å². The number of imidazole rings is 1. The van der Waals surface area contributed by atoms with Crippen LogP contribution in [0.25, 0.3) is 21.9 Å². The van der Waals surface area contributed by atoms with Crippen molar-refractivity contribution in [2.75, 3.05) is 0 Å². The van der Waals surface area contributed by atoms with E-state index in [9.17, 15) is 8.78 Å². The van der Waals surface area contributed by atoms with Gasteiger partial charge in [0.25, 0.3) is 0 Å². The van der Waals surface area contributed by atoms with Gasteiger partial charge in [-0.3, -0.25) is 4.98 Å². The molecule has 2 aliphatic rings. The van der Waals surface area contributed by atoms with Crippen LogP contribution in [0.15, 0.2) is 54.7 Å². The average molecular weight is 524 g/mol. The molecule has 0 bridgehead atoms. The molecule has 2 fully saturated rings. The number of fused-ring (bicyclic) bond motifs is 3. The highest BCUT2D eigenvalue weighted by Crippen LogP contribution is 2.50. The van der Waals surface area contributed by atoms with Gasteiger partial charge in [0.1, 0.15) is 11.3 Å². The highest BCUT2D eigenvalue weighted by atomic mass is 35.5. The van der Waals surface area contributed by atoms with Gasteiger partial charge in [-0.05, 0) is 55.4 Å². The summed E-state index contributed by atoms with van der Waals surface area (Å²) in [7, 11) is 0. The molecule has 2 unspecified atom stereocenters. The van der Waals surface area contributed by atoms with Crippen molar-refractivity contribution in [1.29, 1.82) is 0 Å². The predicted octanol–water partition coefficient (Wildman–Crippen LogP) is 9.53. The van der Waals surface area contributed by atoms with Crippen molar-refractivity contribution in [3.05, 3.63) is 71.1 Å². The van der Waals surface area contributed by atoms with Gasteiger partial charge < -0.3 is 4.57 Å². The summed E-state index contributed by atoms with van der Waals surface area (Å²) < 4.78 is 30.1. The molecule has 2 saturated carbocycles. The summed E-state index contributed by atoms with van der Waals surface area (Å²) in [5, 5.41) is 1.62. The van der Waals surface area contributed by atoms with Crippen molar-refractivity contribution in [2.24, 2.45) is 5.92 Å². The Hall–Kier alpha value is -2.53. The van der Waals surface area contributed by atoms with Crippen LogP contribution < -0.4 is 0 Å². The second-order valence-electron chi connectivity index (χ2n) is 10.5. The monoisotopic (exact) mass is 523 g/mol. The van der Waals surface area contributed by atoms with Gasteiger partial charge in [0, 0.05) is 35.2 Å². The van der Waals surface area contributed by atoms with E-state index in [4.69, 9.17) is 16.6 Å². The van der Waals surface area contributed by atoms with Crippen LogP contribution in [0.4, 0.5) is 8.78 Å². The molecule has 6 heteroatoms. The molecule has 2 aromatic heterocycles. The number of halogens is 3. The minimum atomic E-state index is -2.58. The maximum atomic E-state index is 13.9. The Labute approximate surface area is 223 Å². The summed E-state index contributed by atoms with van der Waals surface area (Å²) >= 11 is 6.38. The molecule has 37 heavy (non-hydrogen) atoms. The summed E-state index contributed by atoms with van der Waals surface area (Å²) in [4.78, 5) is 9.49. The summed E-state index contributed by atoms with van der Waals surface area (Å²) in [6.07, 6.45) is 9.56. The van der Waals surface area contributed by atoms with E-state index in [0.29, 0.717) is 10.9 Å². The number of pyridine rings is 1. The van der Waals surface area contributed by atoms with Crippen molar-refractivity contribution in [1.82, 2.24) is 14.5 Å². The predicted molar refractivity (Wildman–Crippen MR) is 149 cm³/mol. The first-order valence-electron chi connectivity index (χ1n) is 13.8. The number of hydrogen-bond donors (Lipinski definition) is 0. The van der Waals surface area contributed by atoms with Crippen molar-refractivity contribution < 1.29 is 8.78 Å². The molecule has 0 aliphatic heterocycles. The number of aryl methyl sites for hydroxylation is 1. The number of benzene rings is 2. The smallest absolute Gasteiger partial charge is 0.249 e. The largest absolute Gasteiger partial charge is 0.324 e. The van der Waals surface area contributed by atoms with Gasteiger partial charge in [-0.1, -0.05) is 75.0 Å². The molecule has 2 aliphatic carbocycles. The number of nitrogens with zero attached hydrogens (tertiary/aromatic N) is 3. The lowest BCUT2D eigenvalue weighted by Crippen LogP contribution is -2.36. The Morgan fingerprint density at radius 3 is 2.57 bits per heavy atom. The van der Waals surface area contributed by atoms with Crippen molar-refractivity contribution in [3.8, 4) is 0 Å². The van der Waals surface area contributed by atoms with Crippen molar-refractivity contribution in [2.45, 2.75) is 89.5 Å². The number of aromatic nitrogens is 3. The Kier molecular flexibility index (Phi) is 7.80. The third-order valence-corrected chi connectivity index (χ3v) is 8.24. The van der Waals surface area contributed by atoms with Gasteiger partial charge >= 0.3 is 0 Å². The molecule has 0 N–H and O–H groups in total. The normalized spacial score (nSPS) is 21.4. The zero-order chi connectivity index (χ0) is 26.0. The quantitative estimate of drug-likeness (QED) is 0.252. The second-order valence-corrected chi connectivity index (χ2v) is 11.0. The highest BCUT2D eigenvalue weighted by molar-refractivity contribution is 6.31. The SMILES string of the molecule is CC.FC1(F)CC(c2nc3cnc4ccc(Cl)cc4c3n2C2CCCC(CCCc3ccccc3)C2)C1. The van der Waals surface area contributed by atoms with E-state index >= 15 is 0 Å². The maximum absolute atomic E-state index is 13.9. The van der Waals surface area contributed by atoms with Crippen molar-refractivity contribution in [3.63, 3.8) is 0 Å². The van der Waals surface area contributed by atoms with Gasteiger partial charge in [0.05, 0.1) is 17.2 Å². The zero-order valence-electron chi connectivity index (χ0n) is 21.8. The molecular weight excluding hydrogens is 488 g/mol. The molecule has 0 spiro atoms. The molecule has 2 atom stereocenters. The number of hydrogen-bond acceptors (Lipinski definition) is 2. The lowest BCUT2D eigenvalue weighted by molar-refractivity contribution is -0.0893. The van der Waals surface area contributed by atoms with Crippen LogP contribution in [0, 0.1) is 5.92 Å². The van der Waals surface area contributed by atoms with Crippen LogP contribution in [0.2, 0.25) is 5.02 Å². The molecule has 6 rings (SSSR count). The van der Waals surface area contributed by atoms with Gasteiger partial charge in [0.2, 0.25) is 5.92 Å². The number of alkyl halides is 2. The van der Waals surface area contributed by atoms with Gasteiger partial charge in [-0.25, -0.2) is 13.8 Å².